The van der Waals surface area contributed by atoms with Gasteiger partial charge in [0.2, 0.25) is 5.95 Å². The van der Waals surface area contributed by atoms with Crippen molar-refractivity contribution in [1.82, 2.24) is 67.3 Å². The molecule has 0 unspecified atom stereocenters. The highest BCUT2D eigenvalue weighted by molar-refractivity contribution is 6.16. The number of aromatic nitrogens is 14. The number of benzene rings is 10. The van der Waals surface area contributed by atoms with Crippen LogP contribution in [-0.4, -0.2) is 67.3 Å². The van der Waals surface area contributed by atoms with Gasteiger partial charge < -0.3 is 22.8 Å². The quantitative estimate of drug-likeness (QED) is 0.140. The molecule has 0 fully saturated rings. The third-order valence-electron chi connectivity index (χ3n) is 19.1. The Labute approximate surface area is 583 Å². The van der Waals surface area contributed by atoms with E-state index < -0.39 is 0 Å². The fourth-order valence-electron chi connectivity index (χ4n) is 14.4. The van der Waals surface area contributed by atoms with E-state index in [9.17, 15) is 0 Å². The van der Waals surface area contributed by atoms with Crippen LogP contribution in [-0.2, 0) is 0 Å². The van der Waals surface area contributed by atoms with E-state index in [0.717, 1.165) is 67.2 Å². The zero-order valence-corrected chi connectivity index (χ0v) is 54.7. The molecule has 480 valence electrons. The van der Waals surface area contributed by atoms with E-state index in [1.54, 1.807) is 24.8 Å². The molecule has 11 aromatic heterocycles. The topological polar surface area (TPSA) is 133 Å². The van der Waals surface area contributed by atoms with Gasteiger partial charge in [-0.15, -0.1) is 0 Å². The smallest absolute Gasteiger partial charge is 0.234 e. The lowest BCUT2D eigenvalue weighted by Gasteiger charge is -2.09. The molecule has 0 atom stereocenters. The van der Waals surface area contributed by atoms with Gasteiger partial charge in [-0.2, -0.15) is 0 Å². The van der Waals surface area contributed by atoms with Crippen LogP contribution in [0.1, 0.15) is 0 Å². The SMILES string of the molecule is c1ccc(-c2cnc(-n3ccc4cc5c6ccccc6n(-c6ccccc6)c5cc43)nc2)cc1.c1ccc(-n2c3ccccc3c3cc4ccn(-c5cnc(-c6cccnc6)nc5)c4cc32)cc1.c1ccc(-n2c3ccccc3c3cc4ccn(-c5cnc(-c6ccncc6)nc5)c4cc32)cc1. The van der Waals surface area contributed by atoms with Gasteiger partial charge in [0.1, 0.15) is 0 Å². The molecule has 0 aliphatic rings. The molecule has 21 rings (SSSR count). The minimum atomic E-state index is 0.663. The monoisotopic (exact) mass is 1310 g/mol. The van der Waals surface area contributed by atoms with Crippen LogP contribution in [0.4, 0.5) is 0 Å². The summed E-state index contributed by atoms with van der Waals surface area (Å²) in [5.41, 5.74) is 19.7. The number of fused-ring (bicyclic) bond motifs is 12. The molecular weight excluding hydrogens is 1250 g/mol. The molecule has 0 radical (unpaired) electrons. The average Bonchev–Trinajstić information content (AvgIpc) is 1.59. The first-order valence-corrected chi connectivity index (χ1v) is 33.7. The van der Waals surface area contributed by atoms with E-state index in [1.807, 2.05) is 79.6 Å². The second kappa shape index (κ2) is 25.0. The van der Waals surface area contributed by atoms with Crippen LogP contribution >= 0.6 is 0 Å². The third kappa shape index (κ3) is 10.4. The van der Waals surface area contributed by atoms with Gasteiger partial charge in [0, 0.05) is 138 Å². The van der Waals surface area contributed by atoms with E-state index in [-0.39, 0.29) is 0 Å². The first kappa shape index (κ1) is 59.1. The molecule has 11 heterocycles. The van der Waals surface area contributed by atoms with Gasteiger partial charge in [0.25, 0.3) is 0 Å². The molecule has 14 heteroatoms. The first-order chi connectivity index (χ1) is 50.6. The van der Waals surface area contributed by atoms with Crippen LogP contribution < -0.4 is 0 Å². The summed E-state index contributed by atoms with van der Waals surface area (Å²) < 4.78 is 13.4. The molecule has 102 heavy (non-hydrogen) atoms. The number of pyridine rings is 2. The summed E-state index contributed by atoms with van der Waals surface area (Å²) in [6.07, 6.45) is 24.5. The molecular formula is C88H58N14. The zero-order chi connectivity index (χ0) is 67.5. The normalized spacial score (nSPS) is 11.5. The maximum absolute atomic E-state index is 4.70. The molecule has 21 aromatic rings. The average molecular weight is 1310 g/mol. The molecule has 0 bridgehead atoms. The Morgan fingerprint density at radius 2 is 0.578 bits per heavy atom. The minimum absolute atomic E-state index is 0.663. The lowest BCUT2D eigenvalue weighted by Crippen LogP contribution is -1.99. The standard InChI is InChI=1S/C30H20N4.2C29H19N5/c1-3-9-21(10-4-1)23-19-31-30(32-20-23)33-16-15-22-17-26-25-13-7-8-14-27(25)34(29(26)18-28(22)33)24-11-5-2-6-12-24;1-2-8-22(9-3-1)34-26-11-5-4-10-24(26)25-15-20-12-14-33(27(20)16-28(25)34)23-18-31-29(32-19-23)21-7-6-13-30-17-21;1-2-6-22(7-3-1)34-26-9-5-4-8-24(26)25-16-21-12-15-33(27(21)17-28(25)34)23-18-31-29(32-19-23)20-10-13-30-14-11-20/h1-20H;2*1-19H. The van der Waals surface area contributed by atoms with Crippen molar-refractivity contribution < 1.29 is 0 Å². The van der Waals surface area contributed by atoms with Gasteiger partial charge in [0.15, 0.2) is 11.6 Å². The summed E-state index contributed by atoms with van der Waals surface area (Å²) in [4.78, 5) is 36.0. The molecule has 14 nitrogen and oxygen atoms in total. The summed E-state index contributed by atoms with van der Waals surface area (Å²) in [7, 11) is 0. The van der Waals surface area contributed by atoms with Gasteiger partial charge in [-0.3, -0.25) is 14.5 Å². The zero-order valence-electron chi connectivity index (χ0n) is 54.7. The van der Waals surface area contributed by atoms with E-state index in [4.69, 9.17) is 9.97 Å². The number of rotatable bonds is 9. The van der Waals surface area contributed by atoms with E-state index >= 15 is 0 Å². The van der Waals surface area contributed by atoms with Crippen molar-refractivity contribution in [3.63, 3.8) is 0 Å². The second-order valence-corrected chi connectivity index (χ2v) is 25.1. The maximum atomic E-state index is 4.70. The number of hydrogen-bond acceptors (Lipinski definition) is 8. The van der Waals surface area contributed by atoms with E-state index in [1.165, 1.54) is 81.6 Å². The predicted molar refractivity (Wildman–Crippen MR) is 412 cm³/mol. The minimum Gasteiger partial charge on any atom is -0.314 e. The van der Waals surface area contributed by atoms with Crippen LogP contribution in [0, 0.1) is 0 Å². The summed E-state index contributed by atoms with van der Waals surface area (Å²) in [6.45, 7) is 0. The Hall–Kier alpha value is -14.2. The summed E-state index contributed by atoms with van der Waals surface area (Å²) in [5, 5.41) is 11.0. The molecule has 0 N–H and O–H groups in total. The highest BCUT2D eigenvalue weighted by atomic mass is 15.1. The summed E-state index contributed by atoms with van der Waals surface area (Å²) in [5.74, 6) is 2.02. The fraction of sp³-hybridized carbons (Fsp3) is 0. The number of hydrogen-bond donors (Lipinski definition) is 0. The Kier molecular flexibility index (Phi) is 14.5. The predicted octanol–water partition coefficient (Wildman–Crippen LogP) is 20.3. The molecule has 0 spiro atoms. The lowest BCUT2D eigenvalue weighted by atomic mass is 10.1. The first-order valence-electron chi connectivity index (χ1n) is 33.7. The van der Waals surface area contributed by atoms with Crippen molar-refractivity contribution in [3.8, 4) is 68.3 Å². The van der Waals surface area contributed by atoms with Crippen LogP contribution in [0.15, 0.2) is 354 Å². The molecule has 0 saturated heterocycles. The molecule has 10 aromatic carbocycles. The van der Waals surface area contributed by atoms with Gasteiger partial charge in [0.05, 0.1) is 85.8 Å². The second-order valence-electron chi connectivity index (χ2n) is 25.1. The Morgan fingerprint density at radius 3 is 1.00 bits per heavy atom. The highest BCUT2D eigenvalue weighted by Crippen LogP contribution is 2.40. The van der Waals surface area contributed by atoms with Crippen molar-refractivity contribution >= 4 is 98.1 Å². The molecule has 0 aliphatic carbocycles. The van der Waals surface area contributed by atoms with Gasteiger partial charge >= 0.3 is 0 Å². The van der Waals surface area contributed by atoms with Gasteiger partial charge in [-0.25, -0.2) is 29.9 Å². The van der Waals surface area contributed by atoms with Crippen LogP contribution in [0.5, 0.6) is 0 Å². The Morgan fingerprint density at radius 1 is 0.206 bits per heavy atom. The van der Waals surface area contributed by atoms with Crippen molar-refractivity contribution in [2.45, 2.75) is 0 Å². The summed E-state index contributed by atoms with van der Waals surface area (Å²) >= 11 is 0. The lowest BCUT2D eigenvalue weighted by molar-refractivity contribution is 0.964. The fourth-order valence-corrected chi connectivity index (χ4v) is 14.4. The number of para-hydroxylation sites is 6. The van der Waals surface area contributed by atoms with Crippen molar-refractivity contribution in [2.75, 3.05) is 0 Å². The third-order valence-corrected chi connectivity index (χ3v) is 19.1. The number of nitrogens with zero attached hydrogens (tertiary/aromatic N) is 14. The molecule has 0 saturated carbocycles. The van der Waals surface area contributed by atoms with Gasteiger partial charge in [-0.05, 0) is 139 Å². The largest absolute Gasteiger partial charge is 0.314 e. The maximum Gasteiger partial charge on any atom is 0.234 e. The van der Waals surface area contributed by atoms with Crippen molar-refractivity contribution in [1.29, 1.82) is 0 Å². The van der Waals surface area contributed by atoms with Crippen molar-refractivity contribution in [2.24, 2.45) is 0 Å². The molecule has 0 amide bonds. The Balaban J connectivity index is 0.000000106. The van der Waals surface area contributed by atoms with Crippen LogP contribution in [0.25, 0.3) is 166 Å². The van der Waals surface area contributed by atoms with E-state index in [0.29, 0.717) is 17.6 Å². The highest BCUT2D eigenvalue weighted by Gasteiger charge is 2.20. The Bertz CT molecular complexity index is 5980. The van der Waals surface area contributed by atoms with Crippen LogP contribution in [0.2, 0.25) is 0 Å². The van der Waals surface area contributed by atoms with Crippen molar-refractivity contribution in [3.05, 3.63) is 354 Å². The van der Waals surface area contributed by atoms with E-state index in [2.05, 4.69) is 306 Å². The van der Waals surface area contributed by atoms with Crippen LogP contribution in [0.3, 0.4) is 0 Å². The summed E-state index contributed by atoms with van der Waals surface area (Å²) in [6, 6.07) is 95.3. The van der Waals surface area contributed by atoms with Gasteiger partial charge in [-0.1, -0.05) is 140 Å². The molecule has 0 aliphatic heterocycles.